The van der Waals surface area contributed by atoms with Crippen LogP contribution >= 0.6 is 0 Å². The molecule has 1 rings (SSSR count). The Balaban J connectivity index is 2.46. The van der Waals surface area contributed by atoms with E-state index in [2.05, 4.69) is 13.8 Å². The fourth-order valence-electron chi connectivity index (χ4n) is 2.25. The van der Waals surface area contributed by atoms with Crippen LogP contribution in [0.5, 0.6) is 0 Å². The van der Waals surface area contributed by atoms with Crippen molar-refractivity contribution in [1.29, 1.82) is 0 Å². The quantitative estimate of drug-likeness (QED) is 0.706. The second-order valence-corrected chi connectivity index (χ2v) is 4.27. The zero-order valence-electron chi connectivity index (χ0n) is 7.92. The van der Waals surface area contributed by atoms with Crippen LogP contribution in [0, 0.1) is 17.8 Å². The van der Waals surface area contributed by atoms with Crippen molar-refractivity contribution in [3.8, 4) is 0 Å². The van der Waals surface area contributed by atoms with Gasteiger partial charge < -0.3 is 5.11 Å². The number of carboxylic acid groups (broad SMARTS) is 1. The highest BCUT2D eigenvalue weighted by atomic mass is 16.4. The normalized spacial score (nSPS) is 29.6. The van der Waals surface area contributed by atoms with Crippen LogP contribution in [-0.4, -0.2) is 11.1 Å². The van der Waals surface area contributed by atoms with Crippen molar-refractivity contribution in [2.75, 3.05) is 0 Å². The maximum Gasteiger partial charge on any atom is 0.306 e. The first-order valence-corrected chi connectivity index (χ1v) is 4.84. The Labute approximate surface area is 74.0 Å². The predicted octanol–water partition coefficient (Wildman–Crippen LogP) is 2.53. The van der Waals surface area contributed by atoms with Crippen molar-refractivity contribution in [3.63, 3.8) is 0 Å². The Morgan fingerprint density at radius 3 is 2.67 bits per heavy atom. The summed E-state index contributed by atoms with van der Waals surface area (Å²) in [6.07, 6.45) is 4.20. The van der Waals surface area contributed by atoms with E-state index in [1.54, 1.807) is 0 Å². The Morgan fingerprint density at radius 1 is 1.50 bits per heavy atom. The highest BCUT2D eigenvalue weighted by Gasteiger charge is 2.32. The van der Waals surface area contributed by atoms with Gasteiger partial charge in [0.2, 0.25) is 0 Å². The number of carboxylic acids is 1. The van der Waals surface area contributed by atoms with Crippen molar-refractivity contribution >= 4 is 5.97 Å². The van der Waals surface area contributed by atoms with E-state index < -0.39 is 5.97 Å². The Kier molecular flexibility index (Phi) is 3.12. The highest BCUT2D eigenvalue weighted by molar-refractivity contribution is 5.70. The lowest BCUT2D eigenvalue weighted by Gasteiger charge is -2.17. The molecule has 0 amide bonds. The molecule has 0 aromatic carbocycles. The summed E-state index contributed by atoms with van der Waals surface area (Å²) in [5.41, 5.74) is 0. The minimum Gasteiger partial charge on any atom is -0.481 e. The van der Waals surface area contributed by atoms with Gasteiger partial charge in [-0.15, -0.1) is 0 Å². The molecule has 1 saturated carbocycles. The SMILES string of the molecule is CC(C)CC1CCCC1C(=O)O. The average molecular weight is 170 g/mol. The molecule has 0 radical (unpaired) electrons. The molecule has 1 aliphatic carbocycles. The summed E-state index contributed by atoms with van der Waals surface area (Å²) in [4.78, 5) is 10.8. The van der Waals surface area contributed by atoms with E-state index >= 15 is 0 Å². The van der Waals surface area contributed by atoms with Crippen LogP contribution < -0.4 is 0 Å². The molecule has 12 heavy (non-hydrogen) atoms. The van der Waals surface area contributed by atoms with Gasteiger partial charge in [-0.3, -0.25) is 4.79 Å². The number of hydrogen-bond acceptors (Lipinski definition) is 1. The molecule has 1 aliphatic rings. The molecule has 2 atom stereocenters. The second kappa shape index (κ2) is 3.92. The van der Waals surface area contributed by atoms with Crippen LogP contribution in [0.3, 0.4) is 0 Å². The van der Waals surface area contributed by atoms with Gasteiger partial charge in [0, 0.05) is 0 Å². The van der Waals surface area contributed by atoms with Crippen LogP contribution in [-0.2, 0) is 4.79 Å². The van der Waals surface area contributed by atoms with Gasteiger partial charge in [0.25, 0.3) is 0 Å². The first-order chi connectivity index (χ1) is 5.61. The summed E-state index contributed by atoms with van der Waals surface area (Å²) in [6.45, 7) is 4.33. The summed E-state index contributed by atoms with van der Waals surface area (Å²) in [7, 11) is 0. The number of hydrogen-bond donors (Lipinski definition) is 1. The third kappa shape index (κ3) is 2.23. The molecule has 70 valence electrons. The van der Waals surface area contributed by atoms with Gasteiger partial charge in [-0.25, -0.2) is 0 Å². The third-order valence-electron chi connectivity index (χ3n) is 2.75. The molecule has 0 heterocycles. The molecule has 0 aliphatic heterocycles. The van der Waals surface area contributed by atoms with E-state index in [4.69, 9.17) is 5.11 Å². The van der Waals surface area contributed by atoms with Gasteiger partial charge in [0.05, 0.1) is 5.92 Å². The smallest absolute Gasteiger partial charge is 0.306 e. The fraction of sp³-hybridized carbons (Fsp3) is 0.900. The van der Waals surface area contributed by atoms with Gasteiger partial charge in [0.1, 0.15) is 0 Å². The summed E-state index contributed by atoms with van der Waals surface area (Å²) in [5, 5.41) is 8.90. The maximum absolute atomic E-state index is 10.8. The Bertz CT molecular complexity index is 163. The lowest BCUT2D eigenvalue weighted by atomic mass is 9.88. The third-order valence-corrected chi connectivity index (χ3v) is 2.75. The second-order valence-electron chi connectivity index (χ2n) is 4.27. The first kappa shape index (κ1) is 9.56. The van der Waals surface area contributed by atoms with E-state index in [1.807, 2.05) is 0 Å². The zero-order chi connectivity index (χ0) is 9.14. The molecule has 2 unspecified atom stereocenters. The Morgan fingerprint density at radius 2 is 2.17 bits per heavy atom. The van der Waals surface area contributed by atoms with Gasteiger partial charge in [-0.1, -0.05) is 20.3 Å². The van der Waals surface area contributed by atoms with Crippen LogP contribution in [0.4, 0.5) is 0 Å². The minimum atomic E-state index is -0.585. The number of rotatable bonds is 3. The molecule has 0 bridgehead atoms. The molecule has 0 aromatic heterocycles. The highest BCUT2D eigenvalue weighted by Crippen LogP contribution is 2.35. The van der Waals surface area contributed by atoms with Crippen molar-refractivity contribution in [2.24, 2.45) is 17.8 Å². The molecular formula is C10H18O2. The predicted molar refractivity (Wildman–Crippen MR) is 47.9 cm³/mol. The van der Waals surface area contributed by atoms with Gasteiger partial charge in [-0.05, 0) is 31.1 Å². The van der Waals surface area contributed by atoms with Crippen molar-refractivity contribution in [1.82, 2.24) is 0 Å². The number of aliphatic carboxylic acids is 1. The van der Waals surface area contributed by atoms with Crippen LogP contribution in [0.1, 0.15) is 39.5 Å². The lowest BCUT2D eigenvalue weighted by Crippen LogP contribution is -2.19. The topological polar surface area (TPSA) is 37.3 Å². The van der Waals surface area contributed by atoms with Crippen molar-refractivity contribution < 1.29 is 9.90 Å². The minimum absolute atomic E-state index is 0.0487. The van der Waals surface area contributed by atoms with E-state index in [-0.39, 0.29) is 5.92 Å². The molecule has 0 saturated heterocycles. The van der Waals surface area contributed by atoms with Crippen molar-refractivity contribution in [2.45, 2.75) is 39.5 Å². The maximum atomic E-state index is 10.8. The van der Waals surface area contributed by atoms with Crippen LogP contribution in [0.2, 0.25) is 0 Å². The lowest BCUT2D eigenvalue weighted by molar-refractivity contribution is -0.143. The molecule has 0 aromatic rings. The molecule has 1 N–H and O–H groups in total. The van der Waals surface area contributed by atoms with E-state index in [9.17, 15) is 4.79 Å². The molecule has 0 spiro atoms. The van der Waals surface area contributed by atoms with E-state index in [0.29, 0.717) is 11.8 Å². The van der Waals surface area contributed by atoms with Gasteiger partial charge >= 0.3 is 5.97 Å². The summed E-state index contributed by atoms with van der Waals surface area (Å²) < 4.78 is 0. The van der Waals surface area contributed by atoms with Crippen molar-refractivity contribution in [3.05, 3.63) is 0 Å². The largest absolute Gasteiger partial charge is 0.481 e. The van der Waals surface area contributed by atoms with Gasteiger partial charge in [0.15, 0.2) is 0 Å². The molecule has 1 fully saturated rings. The van der Waals surface area contributed by atoms with E-state index in [0.717, 1.165) is 25.7 Å². The number of carbonyl (C=O) groups is 1. The van der Waals surface area contributed by atoms with Crippen LogP contribution in [0.15, 0.2) is 0 Å². The zero-order valence-corrected chi connectivity index (χ0v) is 7.92. The average Bonchev–Trinajstić information content (AvgIpc) is 2.33. The summed E-state index contributed by atoms with van der Waals surface area (Å²) in [5.74, 6) is 0.447. The Hall–Kier alpha value is -0.530. The molecule has 2 heteroatoms. The summed E-state index contributed by atoms with van der Waals surface area (Å²) >= 11 is 0. The van der Waals surface area contributed by atoms with E-state index in [1.165, 1.54) is 0 Å². The summed E-state index contributed by atoms with van der Waals surface area (Å²) in [6, 6.07) is 0. The van der Waals surface area contributed by atoms with Gasteiger partial charge in [-0.2, -0.15) is 0 Å². The first-order valence-electron chi connectivity index (χ1n) is 4.84. The molecular weight excluding hydrogens is 152 g/mol. The standard InChI is InChI=1S/C10H18O2/c1-7(2)6-8-4-3-5-9(8)10(11)12/h7-9H,3-6H2,1-2H3,(H,11,12). The fourth-order valence-corrected chi connectivity index (χ4v) is 2.25. The van der Waals surface area contributed by atoms with Crippen LogP contribution in [0.25, 0.3) is 0 Å². The molecule has 2 nitrogen and oxygen atoms in total. The monoisotopic (exact) mass is 170 g/mol.